The first kappa shape index (κ1) is 7.35. The van der Waals surface area contributed by atoms with Crippen LogP contribution in [0.1, 0.15) is 56.5 Å². The van der Waals surface area contributed by atoms with Crippen molar-refractivity contribution in [2.75, 3.05) is 6.50 Å². The summed E-state index contributed by atoms with van der Waals surface area (Å²) in [7, 11) is 0. The number of fused-ring (bicyclic) bond motifs is 1. The molecule has 0 heterocycles. The summed E-state index contributed by atoms with van der Waals surface area (Å²) in [5.41, 5.74) is -2.90. The quantitative estimate of drug-likeness (QED) is 0.548. The van der Waals surface area contributed by atoms with Crippen molar-refractivity contribution in [3.63, 3.8) is 0 Å². The molecule has 4 heteroatoms. The monoisotopic (exact) mass is 372 g/mol. The fourth-order valence-electron chi connectivity index (χ4n) is 2.15. The highest BCUT2D eigenvalue weighted by Crippen LogP contribution is 2.29. The first-order chi connectivity index (χ1) is 18.4. The van der Waals surface area contributed by atoms with Crippen molar-refractivity contribution in [3.05, 3.63) is 83.3 Å². The average Bonchev–Trinajstić information content (AvgIpc) is 2.82. The van der Waals surface area contributed by atoms with Crippen LogP contribution in [0.15, 0.2) is 66.6 Å². The number of hydrogen-bond acceptors (Lipinski definition) is 1. The van der Waals surface area contributed by atoms with Gasteiger partial charge in [-0.25, -0.2) is 0 Å². The Morgan fingerprint density at radius 1 is 1.19 bits per heavy atom. The van der Waals surface area contributed by atoms with Crippen LogP contribution < -0.4 is 5.32 Å². The lowest BCUT2D eigenvalue weighted by atomic mass is 9.99. The van der Waals surface area contributed by atoms with Crippen LogP contribution in [0, 0.1) is 0 Å². The van der Waals surface area contributed by atoms with E-state index in [4.69, 9.17) is 20.6 Å². The third kappa shape index (κ3) is 4.44. The van der Waals surface area contributed by atoms with Gasteiger partial charge in [0.1, 0.15) is 0 Å². The molecule has 3 aromatic rings. The van der Waals surface area contributed by atoms with Gasteiger partial charge in [-0.15, -0.1) is 0 Å². The van der Waals surface area contributed by atoms with Crippen molar-refractivity contribution in [2.45, 2.75) is 31.8 Å². The maximum atomic E-state index is 13.2. The second-order valence-corrected chi connectivity index (χ2v) is 5.11. The fraction of sp³-hybridized carbons (Fsp3) is 0.273. The second kappa shape index (κ2) is 7.92. The minimum atomic E-state index is -4.84. The number of rotatable bonds is 6. The van der Waals surface area contributed by atoms with Crippen molar-refractivity contribution in [1.82, 2.24) is 5.32 Å². The molecule has 0 radical (unpaired) electrons. The molecule has 0 aliphatic rings. The van der Waals surface area contributed by atoms with Crippen molar-refractivity contribution in [2.24, 2.45) is 0 Å². The third-order valence-corrected chi connectivity index (χ3v) is 3.35. The molecule has 0 amide bonds. The summed E-state index contributed by atoms with van der Waals surface area (Å²) in [5, 5.41) is 0.335. The smallest absolute Gasteiger partial charge is 0.310 e. The van der Waals surface area contributed by atoms with Crippen LogP contribution in [0.5, 0.6) is 0 Å². The average molecular weight is 373 g/mol. The first-order valence-corrected chi connectivity index (χ1v) is 7.35. The Hall–Kier alpha value is -2.33. The van der Waals surface area contributed by atoms with Crippen molar-refractivity contribution >= 4 is 10.8 Å². The van der Waals surface area contributed by atoms with Gasteiger partial charge in [-0.1, -0.05) is 60.5 Å². The second-order valence-electron chi connectivity index (χ2n) is 5.11. The Kier molecular flexibility index (Phi) is 2.24. The van der Waals surface area contributed by atoms with Crippen molar-refractivity contribution in [3.8, 4) is 0 Å². The van der Waals surface area contributed by atoms with Crippen LogP contribution >= 0.6 is 0 Å². The van der Waals surface area contributed by atoms with Crippen LogP contribution in [0.2, 0.25) is 0 Å². The number of nitrogens with one attached hydrogen (secondary N) is 1. The van der Waals surface area contributed by atoms with Crippen LogP contribution in [0.3, 0.4) is 0 Å². The zero-order valence-corrected chi connectivity index (χ0v) is 13.2. The van der Waals surface area contributed by atoms with Gasteiger partial charge in [-0.3, -0.25) is 0 Å². The van der Waals surface area contributed by atoms with Crippen LogP contribution in [-0.4, -0.2) is 6.50 Å². The number of alkyl halides is 3. The Labute approximate surface area is 172 Å². The molecular weight excluding hydrogens is 335 g/mol. The Morgan fingerprint density at radius 3 is 2.81 bits per heavy atom. The lowest BCUT2D eigenvalue weighted by Crippen LogP contribution is -2.20. The predicted molar refractivity (Wildman–Crippen MR) is 100 cm³/mol. The molecule has 0 aliphatic heterocycles. The van der Waals surface area contributed by atoms with Gasteiger partial charge in [-0.2, -0.15) is 13.2 Å². The molecule has 0 bridgehead atoms. The van der Waals surface area contributed by atoms with E-state index < -0.39 is 108 Å². The topological polar surface area (TPSA) is 12.0 Å². The number of benzene rings is 3. The Morgan fingerprint density at radius 2 is 2.00 bits per heavy atom. The summed E-state index contributed by atoms with van der Waals surface area (Å²) >= 11 is 0. The summed E-state index contributed by atoms with van der Waals surface area (Å²) in [4.78, 5) is 0. The summed E-state index contributed by atoms with van der Waals surface area (Å²) in [6, 6.07) is -7.06. The summed E-state index contributed by atoms with van der Waals surface area (Å²) in [6.07, 6.45) is -9.05. The van der Waals surface area contributed by atoms with E-state index in [0.717, 1.165) is 12.1 Å². The number of hydrogen-bond donors (Lipinski definition) is 1. The summed E-state index contributed by atoms with van der Waals surface area (Å²) in [5.74, 6) is 0. The molecule has 0 fully saturated rings. The summed E-state index contributed by atoms with van der Waals surface area (Å²) < 4.78 is 163. The maximum absolute atomic E-state index is 13.2. The molecule has 0 spiro atoms. The van der Waals surface area contributed by atoms with E-state index in [2.05, 4.69) is 0 Å². The molecule has 1 atom stereocenters. The minimum Gasteiger partial charge on any atom is -0.310 e. The molecule has 136 valence electrons. The molecule has 0 saturated heterocycles. The van der Waals surface area contributed by atoms with Gasteiger partial charge >= 0.3 is 6.18 Å². The molecule has 26 heavy (non-hydrogen) atoms. The van der Waals surface area contributed by atoms with E-state index in [1.807, 2.05) is 5.32 Å². The maximum Gasteiger partial charge on any atom is 0.416 e. The molecule has 3 rings (SSSR count). The van der Waals surface area contributed by atoms with Gasteiger partial charge in [0.15, 0.2) is 0 Å². The molecular formula is C22H22F3N. The van der Waals surface area contributed by atoms with Crippen LogP contribution in [-0.2, 0) is 12.5 Å². The largest absolute Gasteiger partial charge is 0.416 e. The van der Waals surface area contributed by atoms with E-state index in [0.29, 0.717) is 12.1 Å². The third-order valence-electron chi connectivity index (χ3n) is 3.35. The predicted octanol–water partition coefficient (Wildman–Crippen LogP) is 6.14. The number of halogens is 3. The molecule has 0 unspecified atom stereocenters. The highest BCUT2D eigenvalue weighted by molar-refractivity contribution is 5.86. The zero-order chi connectivity index (χ0) is 31.7. The van der Waals surface area contributed by atoms with E-state index in [1.165, 1.54) is 0 Å². The standard InChI is InChI=1S/C22H22F3N/c1-16(20-13-5-10-18-9-2-3-12-21(18)20)26-14-6-8-17-7-4-11-19(15-17)22(23,24)25/h2-5,7,9-13,15-16,26H,6,8,14H2,1H3/t16-/m0/s1/i1D3,2D,3D,5D,8D2,9D,10D,12D,13D,14D2,16D. The van der Waals surface area contributed by atoms with Gasteiger partial charge in [0.2, 0.25) is 0 Å². The van der Waals surface area contributed by atoms with Gasteiger partial charge in [0, 0.05) is 15.6 Å². The van der Waals surface area contributed by atoms with E-state index in [-0.39, 0.29) is 0 Å². The normalized spacial score (nSPS) is 24.2. The van der Waals surface area contributed by atoms with Gasteiger partial charge in [0.05, 0.1) is 16.5 Å². The fourth-order valence-corrected chi connectivity index (χ4v) is 2.15. The molecule has 0 saturated carbocycles. The minimum absolute atomic E-state index is 0.457. The molecule has 3 aromatic carbocycles. The molecule has 1 N–H and O–H groups in total. The molecule has 0 aliphatic carbocycles. The van der Waals surface area contributed by atoms with Crippen molar-refractivity contribution < 1.29 is 33.7 Å². The van der Waals surface area contributed by atoms with E-state index >= 15 is 0 Å². The van der Waals surface area contributed by atoms with E-state index in [1.54, 1.807) is 0 Å². The lowest BCUT2D eigenvalue weighted by molar-refractivity contribution is -0.137. The zero-order valence-electron chi connectivity index (χ0n) is 28.2. The Balaban J connectivity index is 2.27. The molecule has 1 nitrogen and oxygen atoms in total. The molecule has 0 aromatic heterocycles. The highest BCUT2D eigenvalue weighted by Gasteiger charge is 2.30. The van der Waals surface area contributed by atoms with Gasteiger partial charge in [-0.05, 0) is 54.1 Å². The van der Waals surface area contributed by atoms with Crippen molar-refractivity contribution in [1.29, 1.82) is 0 Å². The van der Waals surface area contributed by atoms with Crippen LogP contribution in [0.25, 0.3) is 10.8 Å². The summed E-state index contributed by atoms with van der Waals surface area (Å²) in [6.45, 7) is -6.85. The first-order valence-electron chi connectivity index (χ1n) is 14.8. The number of aryl methyl sites for hydroxylation is 1. The highest BCUT2D eigenvalue weighted by atomic mass is 19.4. The van der Waals surface area contributed by atoms with E-state index in [9.17, 15) is 13.2 Å². The van der Waals surface area contributed by atoms with Gasteiger partial charge in [0.25, 0.3) is 0 Å². The van der Waals surface area contributed by atoms with Crippen LogP contribution in [0.4, 0.5) is 13.2 Å². The lowest BCUT2D eigenvalue weighted by Gasteiger charge is -2.17. The SMILES string of the molecule is [2H]c1c([2H])c([2H])c2c([C@@]([2H])(NC([2H])([2H])CC([2H])([2H])c3cccc(C(F)(F)F)c3)C([2H])([2H])[2H])c([2H])c([2H])c([2H])c2c1[2H]. The van der Waals surface area contributed by atoms with Gasteiger partial charge < -0.3 is 5.32 Å². The Bertz CT molecular complexity index is 1510.